The van der Waals surface area contributed by atoms with Crippen molar-refractivity contribution >= 4 is 40.1 Å². The van der Waals surface area contributed by atoms with E-state index in [1.165, 1.54) is 11.3 Å². The second-order valence-corrected chi connectivity index (χ2v) is 6.60. The monoisotopic (exact) mass is 380 g/mol. The van der Waals surface area contributed by atoms with E-state index in [4.69, 9.17) is 17.3 Å². The van der Waals surface area contributed by atoms with Gasteiger partial charge in [-0.05, 0) is 36.4 Å². The predicted octanol–water partition coefficient (Wildman–Crippen LogP) is 4.54. The van der Waals surface area contributed by atoms with Crippen LogP contribution in [0.4, 0.5) is 5.69 Å². The van der Waals surface area contributed by atoms with Gasteiger partial charge in [-0.1, -0.05) is 23.7 Å². The molecular weight excluding hydrogens is 368 g/mol. The lowest BCUT2D eigenvalue weighted by Gasteiger charge is -2.02. The third kappa shape index (κ3) is 4.09. The molecule has 0 aliphatic heterocycles. The lowest BCUT2D eigenvalue weighted by molar-refractivity contribution is 0.100. The molecule has 0 aliphatic rings. The molecule has 3 aromatic rings. The van der Waals surface area contributed by atoms with E-state index >= 15 is 0 Å². The molecule has 0 saturated carbocycles. The zero-order valence-corrected chi connectivity index (χ0v) is 15.0. The van der Waals surface area contributed by atoms with E-state index in [1.54, 1.807) is 42.6 Å². The van der Waals surface area contributed by atoms with Crippen LogP contribution < -0.4 is 11.1 Å². The second-order valence-electron chi connectivity index (χ2n) is 5.30. The van der Waals surface area contributed by atoms with Crippen LogP contribution in [0.5, 0.6) is 0 Å². The van der Waals surface area contributed by atoms with Crippen LogP contribution in [0.2, 0.25) is 5.02 Å². The fourth-order valence-electron chi connectivity index (χ4n) is 2.18. The van der Waals surface area contributed by atoms with Gasteiger partial charge in [0.15, 0.2) is 0 Å². The summed E-state index contributed by atoms with van der Waals surface area (Å²) in [4.78, 5) is 15.6. The number of nitrogens with zero attached hydrogens (tertiary/aromatic N) is 2. The largest absolute Gasteiger partial charge is 0.366 e. The third-order valence-corrected chi connectivity index (χ3v) is 4.68. The Kier molecular flexibility index (Phi) is 5.32. The number of allylic oxidation sites excluding steroid dienone is 1. The van der Waals surface area contributed by atoms with Crippen molar-refractivity contribution in [2.45, 2.75) is 0 Å². The molecule has 0 fully saturated rings. The molecule has 0 bridgehead atoms. The van der Waals surface area contributed by atoms with Gasteiger partial charge < -0.3 is 11.1 Å². The van der Waals surface area contributed by atoms with E-state index in [-0.39, 0.29) is 0 Å². The van der Waals surface area contributed by atoms with Crippen molar-refractivity contribution in [2.24, 2.45) is 5.73 Å². The molecule has 1 aromatic heterocycles. The molecule has 0 radical (unpaired) electrons. The highest BCUT2D eigenvalue weighted by Crippen LogP contribution is 2.27. The molecule has 5 nitrogen and oxygen atoms in total. The molecule has 26 heavy (non-hydrogen) atoms. The van der Waals surface area contributed by atoms with Crippen LogP contribution >= 0.6 is 22.9 Å². The molecule has 128 valence electrons. The van der Waals surface area contributed by atoms with Crippen molar-refractivity contribution in [1.82, 2.24) is 4.98 Å². The Labute approximate surface area is 159 Å². The Bertz CT molecular complexity index is 1000. The number of thiazole rings is 1. The minimum absolute atomic E-state index is 0.411. The Morgan fingerprint density at radius 2 is 1.88 bits per heavy atom. The van der Waals surface area contributed by atoms with Gasteiger partial charge in [-0.3, -0.25) is 4.79 Å². The molecule has 7 heteroatoms. The third-order valence-electron chi connectivity index (χ3n) is 3.55. The second kappa shape index (κ2) is 7.83. The summed E-state index contributed by atoms with van der Waals surface area (Å²) in [6, 6.07) is 16.2. The lowest BCUT2D eigenvalue weighted by Crippen LogP contribution is -2.10. The van der Waals surface area contributed by atoms with Gasteiger partial charge in [0.1, 0.15) is 16.6 Å². The maximum atomic E-state index is 11.1. The van der Waals surface area contributed by atoms with Gasteiger partial charge in [-0.2, -0.15) is 5.26 Å². The Hall–Kier alpha value is -3.14. The van der Waals surface area contributed by atoms with Crippen molar-refractivity contribution in [2.75, 3.05) is 5.32 Å². The molecule has 1 amide bonds. The quantitative estimate of drug-likeness (QED) is 0.635. The highest BCUT2D eigenvalue weighted by Gasteiger charge is 2.09. The molecule has 2 aromatic carbocycles. The van der Waals surface area contributed by atoms with E-state index in [0.717, 1.165) is 16.9 Å². The van der Waals surface area contributed by atoms with Crippen molar-refractivity contribution < 1.29 is 4.79 Å². The van der Waals surface area contributed by atoms with Crippen LogP contribution in [0.15, 0.2) is 60.1 Å². The lowest BCUT2D eigenvalue weighted by atomic mass is 10.2. The highest BCUT2D eigenvalue weighted by atomic mass is 35.5. The summed E-state index contributed by atoms with van der Waals surface area (Å²) in [5.74, 6) is -0.484. The Balaban J connectivity index is 1.78. The van der Waals surface area contributed by atoms with Crippen molar-refractivity contribution in [3.8, 4) is 17.3 Å². The number of hydrogen-bond donors (Lipinski definition) is 2. The number of nitriles is 1. The van der Waals surface area contributed by atoms with Crippen molar-refractivity contribution in [1.29, 1.82) is 5.26 Å². The molecular formula is C19H13ClN4OS. The Morgan fingerprint density at radius 1 is 1.19 bits per heavy atom. The average molecular weight is 381 g/mol. The molecule has 0 saturated heterocycles. The summed E-state index contributed by atoms with van der Waals surface area (Å²) in [6.45, 7) is 0. The number of benzene rings is 2. The Morgan fingerprint density at radius 3 is 2.50 bits per heavy atom. The van der Waals surface area contributed by atoms with Gasteiger partial charge in [-0.25, -0.2) is 4.98 Å². The highest BCUT2D eigenvalue weighted by molar-refractivity contribution is 7.11. The fraction of sp³-hybridized carbons (Fsp3) is 0. The zero-order chi connectivity index (χ0) is 18.5. The number of halogens is 1. The zero-order valence-electron chi connectivity index (χ0n) is 13.4. The van der Waals surface area contributed by atoms with E-state index in [2.05, 4.69) is 16.4 Å². The number of carbonyl (C=O) groups is 1. The first-order valence-corrected chi connectivity index (χ1v) is 8.81. The molecule has 0 unspecified atom stereocenters. The van der Waals surface area contributed by atoms with E-state index in [9.17, 15) is 10.1 Å². The standard InChI is InChI=1S/C19H13ClN4OS/c20-15-5-1-12(2-6-15)17-11-26-19(24-17)14(9-21)10-23-16-7-3-13(4-8-16)18(22)25/h1-8,10-11,23H,(H2,22,25). The molecule has 3 N–H and O–H groups in total. The van der Waals surface area contributed by atoms with E-state index in [1.807, 2.05) is 17.5 Å². The first-order chi connectivity index (χ1) is 12.6. The van der Waals surface area contributed by atoms with Crippen LogP contribution in [0.25, 0.3) is 16.8 Å². The number of hydrogen-bond acceptors (Lipinski definition) is 5. The topological polar surface area (TPSA) is 91.8 Å². The smallest absolute Gasteiger partial charge is 0.248 e. The average Bonchev–Trinajstić information content (AvgIpc) is 3.13. The maximum absolute atomic E-state index is 11.1. The predicted molar refractivity (Wildman–Crippen MR) is 105 cm³/mol. The molecule has 0 spiro atoms. The van der Waals surface area contributed by atoms with Gasteiger partial charge in [0.05, 0.1) is 5.69 Å². The van der Waals surface area contributed by atoms with Crippen molar-refractivity contribution in [3.63, 3.8) is 0 Å². The van der Waals surface area contributed by atoms with Gasteiger partial charge in [-0.15, -0.1) is 11.3 Å². The number of nitrogens with two attached hydrogens (primary N) is 1. The first-order valence-electron chi connectivity index (χ1n) is 7.55. The summed E-state index contributed by atoms with van der Waals surface area (Å²) in [5, 5.41) is 15.6. The number of anilines is 1. The van der Waals surface area contributed by atoms with Crippen LogP contribution in [-0.4, -0.2) is 10.9 Å². The summed E-state index contributed by atoms with van der Waals surface area (Å²) in [6.07, 6.45) is 1.59. The molecule has 0 aliphatic carbocycles. The summed E-state index contributed by atoms with van der Waals surface area (Å²) in [5.41, 5.74) is 8.50. The maximum Gasteiger partial charge on any atom is 0.248 e. The van der Waals surface area contributed by atoms with Gasteiger partial charge in [0.25, 0.3) is 0 Å². The minimum Gasteiger partial charge on any atom is -0.366 e. The number of primary amides is 1. The number of amides is 1. The number of nitrogens with one attached hydrogen (secondary N) is 1. The SMILES string of the molecule is N#CC(=CNc1ccc(C(N)=O)cc1)c1nc(-c2ccc(Cl)cc2)cs1. The summed E-state index contributed by atoms with van der Waals surface area (Å²) >= 11 is 7.29. The van der Waals surface area contributed by atoms with Crippen LogP contribution in [0.1, 0.15) is 15.4 Å². The number of rotatable bonds is 5. The van der Waals surface area contributed by atoms with Crippen LogP contribution in [0.3, 0.4) is 0 Å². The van der Waals surface area contributed by atoms with E-state index < -0.39 is 5.91 Å². The molecule has 3 rings (SSSR count). The van der Waals surface area contributed by atoms with Gasteiger partial charge in [0.2, 0.25) is 5.91 Å². The minimum atomic E-state index is -0.484. The number of aromatic nitrogens is 1. The molecule has 0 atom stereocenters. The normalized spacial score (nSPS) is 11.0. The first kappa shape index (κ1) is 17.7. The van der Waals surface area contributed by atoms with Crippen LogP contribution in [-0.2, 0) is 0 Å². The van der Waals surface area contributed by atoms with Gasteiger partial charge >= 0.3 is 0 Å². The van der Waals surface area contributed by atoms with E-state index in [0.29, 0.717) is 21.2 Å². The molecule has 1 heterocycles. The van der Waals surface area contributed by atoms with Gasteiger partial charge in [0, 0.05) is 33.4 Å². The van der Waals surface area contributed by atoms with Crippen molar-refractivity contribution in [3.05, 3.63) is 75.7 Å². The van der Waals surface area contributed by atoms with Crippen LogP contribution in [0, 0.1) is 11.3 Å². The summed E-state index contributed by atoms with van der Waals surface area (Å²) < 4.78 is 0. The number of carbonyl (C=O) groups excluding carboxylic acids is 1. The summed E-state index contributed by atoms with van der Waals surface area (Å²) in [7, 11) is 0. The fourth-order valence-corrected chi connectivity index (χ4v) is 3.10.